The standard InChI is InChI=1S/C17H25N/c1-18-17(16-11-14-10-15(14)12-16)9-5-8-13-6-3-2-4-7-13/h2-4,6-7,14-18H,5,8-12H2,1H3. The summed E-state index contributed by atoms with van der Waals surface area (Å²) in [5, 5.41) is 3.57. The van der Waals surface area contributed by atoms with Crippen LogP contribution in [0.2, 0.25) is 0 Å². The number of hydrogen-bond acceptors (Lipinski definition) is 1. The molecule has 0 aliphatic heterocycles. The highest BCUT2D eigenvalue weighted by Gasteiger charge is 2.47. The number of hydrogen-bond donors (Lipinski definition) is 1. The highest BCUT2D eigenvalue weighted by Crippen LogP contribution is 2.55. The van der Waals surface area contributed by atoms with Crippen LogP contribution in [0.4, 0.5) is 0 Å². The van der Waals surface area contributed by atoms with E-state index >= 15 is 0 Å². The molecule has 1 N–H and O–H groups in total. The van der Waals surface area contributed by atoms with E-state index in [1.807, 2.05) is 0 Å². The lowest BCUT2D eigenvalue weighted by atomic mass is 9.90. The molecule has 1 nitrogen and oxygen atoms in total. The summed E-state index contributed by atoms with van der Waals surface area (Å²) in [6, 6.07) is 11.7. The fourth-order valence-electron chi connectivity index (χ4n) is 3.88. The molecule has 0 amide bonds. The van der Waals surface area contributed by atoms with Crippen LogP contribution in [0, 0.1) is 17.8 Å². The van der Waals surface area contributed by atoms with Crippen molar-refractivity contribution in [3.8, 4) is 0 Å². The molecule has 0 bridgehead atoms. The SMILES string of the molecule is CNC(CCCc1ccccc1)C1CC2CC2C1. The maximum atomic E-state index is 3.57. The lowest BCUT2D eigenvalue weighted by Crippen LogP contribution is -2.33. The molecule has 0 heterocycles. The normalized spacial score (nSPS) is 31.1. The topological polar surface area (TPSA) is 12.0 Å². The first-order valence-corrected chi connectivity index (χ1v) is 7.58. The van der Waals surface area contributed by atoms with Gasteiger partial charge < -0.3 is 5.32 Å². The van der Waals surface area contributed by atoms with E-state index in [1.165, 1.54) is 44.1 Å². The summed E-state index contributed by atoms with van der Waals surface area (Å²) in [6.07, 6.45) is 8.44. The van der Waals surface area contributed by atoms with Crippen molar-refractivity contribution in [2.24, 2.45) is 17.8 Å². The summed E-state index contributed by atoms with van der Waals surface area (Å²) in [5.74, 6) is 3.19. The average Bonchev–Trinajstić information content (AvgIpc) is 3.03. The maximum absolute atomic E-state index is 3.57. The Balaban J connectivity index is 1.43. The van der Waals surface area contributed by atoms with Gasteiger partial charge in [-0.3, -0.25) is 0 Å². The lowest BCUT2D eigenvalue weighted by Gasteiger charge is -2.24. The predicted molar refractivity (Wildman–Crippen MR) is 76.5 cm³/mol. The highest BCUT2D eigenvalue weighted by molar-refractivity contribution is 5.14. The van der Waals surface area contributed by atoms with E-state index in [0.717, 1.165) is 23.8 Å². The average molecular weight is 243 g/mol. The van der Waals surface area contributed by atoms with Crippen molar-refractivity contribution >= 4 is 0 Å². The van der Waals surface area contributed by atoms with Gasteiger partial charge in [0.05, 0.1) is 0 Å². The maximum Gasteiger partial charge on any atom is 0.00926 e. The Bertz CT molecular complexity index is 362. The molecule has 1 aromatic carbocycles. The molecule has 3 unspecified atom stereocenters. The molecule has 1 heteroatoms. The van der Waals surface area contributed by atoms with Gasteiger partial charge in [-0.1, -0.05) is 30.3 Å². The van der Waals surface area contributed by atoms with E-state index in [2.05, 4.69) is 42.7 Å². The fraction of sp³-hybridized carbons (Fsp3) is 0.647. The van der Waals surface area contributed by atoms with Crippen LogP contribution in [-0.4, -0.2) is 13.1 Å². The van der Waals surface area contributed by atoms with Crippen molar-refractivity contribution < 1.29 is 0 Å². The summed E-state index contributed by atoms with van der Waals surface area (Å²) in [4.78, 5) is 0. The Kier molecular flexibility index (Phi) is 3.69. The third-order valence-corrected chi connectivity index (χ3v) is 5.04. The number of nitrogens with one attached hydrogen (secondary N) is 1. The van der Waals surface area contributed by atoms with Gasteiger partial charge in [-0.25, -0.2) is 0 Å². The molecule has 98 valence electrons. The van der Waals surface area contributed by atoms with Gasteiger partial charge in [0.25, 0.3) is 0 Å². The fourth-order valence-corrected chi connectivity index (χ4v) is 3.88. The van der Waals surface area contributed by atoms with Crippen LogP contribution < -0.4 is 5.32 Å². The molecule has 2 aliphatic carbocycles. The van der Waals surface area contributed by atoms with Gasteiger partial charge in [0.1, 0.15) is 0 Å². The number of fused-ring (bicyclic) bond motifs is 1. The van der Waals surface area contributed by atoms with Crippen molar-refractivity contribution in [3.05, 3.63) is 35.9 Å². The molecular weight excluding hydrogens is 218 g/mol. The Hall–Kier alpha value is -0.820. The minimum Gasteiger partial charge on any atom is -0.317 e. The number of benzene rings is 1. The van der Waals surface area contributed by atoms with E-state index < -0.39 is 0 Å². The van der Waals surface area contributed by atoms with E-state index in [1.54, 1.807) is 0 Å². The molecule has 2 fully saturated rings. The molecule has 1 aromatic rings. The third-order valence-electron chi connectivity index (χ3n) is 5.04. The van der Waals surface area contributed by atoms with Gasteiger partial charge in [-0.05, 0) is 68.9 Å². The van der Waals surface area contributed by atoms with Crippen LogP contribution in [0.5, 0.6) is 0 Å². The van der Waals surface area contributed by atoms with Gasteiger partial charge in [0.2, 0.25) is 0 Å². The molecule has 2 saturated carbocycles. The first-order valence-electron chi connectivity index (χ1n) is 7.58. The van der Waals surface area contributed by atoms with Crippen molar-refractivity contribution in [1.29, 1.82) is 0 Å². The molecule has 2 aliphatic rings. The summed E-state index contributed by atoms with van der Waals surface area (Å²) >= 11 is 0. The number of rotatable bonds is 6. The first kappa shape index (κ1) is 12.2. The second kappa shape index (κ2) is 5.44. The zero-order chi connectivity index (χ0) is 12.4. The van der Waals surface area contributed by atoms with Gasteiger partial charge >= 0.3 is 0 Å². The van der Waals surface area contributed by atoms with E-state index in [9.17, 15) is 0 Å². The molecule has 0 saturated heterocycles. The molecule has 18 heavy (non-hydrogen) atoms. The summed E-state index contributed by atoms with van der Waals surface area (Å²) in [6.45, 7) is 0. The number of aryl methyl sites for hydroxylation is 1. The Morgan fingerprint density at radius 3 is 2.50 bits per heavy atom. The van der Waals surface area contributed by atoms with E-state index in [0.29, 0.717) is 0 Å². The van der Waals surface area contributed by atoms with Crippen molar-refractivity contribution in [2.45, 2.75) is 44.6 Å². The van der Waals surface area contributed by atoms with Crippen LogP contribution in [0.25, 0.3) is 0 Å². The van der Waals surface area contributed by atoms with Crippen LogP contribution in [0.3, 0.4) is 0 Å². The quantitative estimate of drug-likeness (QED) is 0.804. The second-order valence-corrected chi connectivity index (χ2v) is 6.26. The third kappa shape index (κ3) is 2.77. The lowest BCUT2D eigenvalue weighted by molar-refractivity contribution is 0.329. The van der Waals surface area contributed by atoms with Crippen molar-refractivity contribution in [2.75, 3.05) is 7.05 Å². The van der Waals surface area contributed by atoms with E-state index in [-0.39, 0.29) is 0 Å². The van der Waals surface area contributed by atoms with Crippen molar-refractivity contribution in [3.63, 3.8) is 0 Å². The van der Waals surface area contributed by atoms with Gasteiger partial charge in [0, 0.05) is 6.04 Å². The highest BCUT2D eigenvalue weighted by atomic mass is 14.9. The Morgan fingerprint density at radius 1 is 1.11 bits per heavy atom. The molecule has 0 spiro atoms. The molecule has 3 rings (SSSR count). The van der Waals surface area contributed by atoms with Gasteiger partial charge in [-0.15, -0.1) is 0 Å². The molecule has 0 aromatic heterocycles. The Labute approximate surface area is 111 Å². The van der Waals surface area contributed by atoms with E-state index in [4.69, 9.17) is 0 Å². The largest absolute Gasteiger partial charge is 0.317 e. The van der Waals surface area contributed by atoms with Crippen LogP contribution in [0.1, 0.15) is 37.7 Å². The van der Waals surface area contributed by atoms with Gasteiger partial charge in [0.15, 0.2) is 0 Å². The smallest absolute Gasteiger partial charge is 0.00926 e. The monoisotopic (exact) mass is 243 g/mol. The zero-order valence-corrected chi connectivity index (χ0v) is 11.4. The Morgan fingerprint density at radius 2 is 1.83 bits per heavy atom. The minimum atomic E-state index is 0.765. The van der Waals surface area contributed by atoms with Crippen molar-refractivity contribution in [1.82, 2.24) is 5.32 Å². The van der Waals surface area contributed by atoms with Crippen LogP contribution in [0.15, 0.2) is 30.3 Å². The van der Waals surface area contributed by atoms with Crippen LogP contribution >= 0.6 is 0 Å². The zero-order valence-electron chi connectivity index (χ0n) is 11.4. The van der Waals surface area contributed by atoms with Gasteiger partial charge in [-0.2, -0.15) is 0 Å². The first-order chi connectivity index (χ1) is 8.86. The summed E-state index contributed by atoms with van der Waals surface area (Å²) in [7, 11) is 2.15. The second-order valence-electron chi connectivity index (χ2n) is 6.26. The summed E-state index contributed by atoms with van der Waals surface area (Å²) in [5.41, 5.74) is 1.49. The molecular formula is C17H25N. The minimum absolute atomic E-state index is 0.765. The molecule has 3 atom stereocenters. The summed E-state index contributed by atoms with van der Waals surface area (Å²) < 4.78 is 0. The van der Waals surface area contributed by atoms with Crippen LogP contribution in [-0.2, 0) is 6.42 Å². The predicted octanol–water partition coefficient (Wildman–Crippen LogP) is 3.64. The molecule has 0 radical (unpaired) electrons.